The molecule has 0 aromatic heterocycles. The Morgan fingerprint density at radius 2 is 0.723 bits per heavy atom. The van der Waals surface area contributed by atoms with Crippen LogP contribution in [0.4, 0.5) is 0 Å². The molecule has 0 bridgehead atoms. The Labute approximate surface area is 405 Å². The van der Waals surface area contributed by atoms with Crippen LogP contribution in [0.1, 0.15) is 316 Å². The van der Waals surface area contributed by atoms with Crippen LogP contribution < -0.4 is 5.32 Å². The Hall–Kier alpha value is -1.66. The third kappa shape index (κ3) is 51.6. The van der Waals surface area contributed by atoms with Gasteiger partial charge in [0.05, 0.1) is 25.4 Å². The van der Waals surface area contributed by atoms with Gasteiger partial charge in [-0.15, -0.1) is 0 Å². The largest absolute Gasteiger partial charge is 0.466 e. The molecule has 0 aliphatic carbocycles. The summed E-state index contributed by atoms with van der Waals surface area (Å²) in [7, 11) is 0. The Bertz CT molecular complexity index is 1010. The molecular weight excluding hydrogens is 803 g/mol. The first kappa shape index (κ1) is 63.3. The number of carbonyl (C=O) groups excluding carboxylic acids is 2. The number of esters is 1. The van der Waals surface area contributed by atoms with E-state index in [1.54, 1.807) is 6.08 Å². The normalized spacial score (nSPS) is 12.7. The molecule has 384 valence electrons. The van der Waals surface area contributed by atoms with Crippen LogP contribution >= 0.6 is 0 Å². The minimum atomic E-state index is -0.854. The minimum absolute atomic E-state index is 0.00803. The zero-order valence-corrected chi connectivity index (χ0v) is 43.7. The van der Waals surface area contributed by atoms with Crippen molar-refractivity contribution in [2.75, 3.05) is 13.2 Å². The number of unbranched alkanes of at least 4 members (excludes halogenated alkanes) is 41. The van der Waals surface area contributed by atoms with E-state index in [4.69, 9.17) is 4.74 Å². The maximum atomic E-state index is 12.5. The number of nitrogens with one attached hydrogen (secondary N) is 1. The number of allylic oxidation sites excluding steroid dienone is 3. The number of hydrogen-bond acceptors (Lipinski definition) is 5. The molecule has 0 fully saturated rings. The summed E-state index contributed by atoms with van der Waals surface area (Å²) in [6.07, 6.45) is 66.2. The van der Waals surface area contributed by atoms with E-state index in [-0.39, 0.29) is 18.5 Å². The highest BCUT2D eigenvalue weighted by atomic mass is 16.5. The number of aliphatic hydroxyl groups is 2. The monoisotopic (exact) mass is 916 g/mol. The molecule has 65 heavy (non-hydrogen) atoms. The van der Waals surface area contributed by atoms with E-state index in [9.17, 15) is 19.8 Å². The molecule has 0 aliphatic rings. The van der Waals surface area contributed by atoms with Crippen molar-refractivity contribution >= 4 is 11.9 Å². The number of carbonyl (C=O) groups is 2. The van der Waals surface area contributed by atoms with Crippen molar-refractivity contribution in [1.29, 1.82) is 0 Å². The number of hydrogen-bond donors (Lipinski definition) is 3. The van der Waals surface area contributed by atoms with E-state index >= 15 is 0 Å². The van der Waals surface area contributed by atoms with Gasteiger partial charge in [-0.25, -0.2) is 0 Å². The number of amides is 1. The van der Waals surface area contributed by atoms with E-state index in [0.29, 0.717) is 19.4 Å². The maximum absolute atomic E-state index is 12.5. The summed E-state index contributed by atoms with van der Waals surface area (Å²) in [5.74, 6) is -0.0891. The van der Waals surface area contributed by atoms with E-state index in [1.807, 2.05) is 6.08 Å². The molecule has 0 aromatic carbocycles. The first-order valence-electron chi connectivity index (χ1n) is 29.1. The van der Waals surface area contributed by atoms with Crippen LogP contribution in [-0.4, -0.2) is 47.4 Å². The maximum Gasteiger partial charge on any atom is 0.305 e. The fourth-order valence-electron chi connectivity index (χ4n) is 8.98. The smallest absolute Gasteiger partial charge is 0.305 e. The van der Waals surface area contributed by atoms with Gasteiger partial charge in [0, 0.05) is 12.8 Å². The van der Waals surface area contributed by atoms with E-state index in [0.717, 1.165) is 70.6 Å². The van der Waals surface area contributed by atoms with E-state index < -0.39 is 12.1 Å². The van der Waals surface area contributed by atoms with Gasteiger partial charge < -0.3 is 20.3 Å². The van der Waals surface area contributed by atoms with Crippen molar-refractivity contribution in [1.82, 2.24) is 5.32 Å². The third-order valence-electron chi connectivity index (χ3n) is 13.5. The van der Waals surface area contributed by atoms with Crippen molar-refractivity contribution in [2.45, 2.75) is 328 Å². The molecule has 0 rings (SSSR count). The lowest BCUT2D eigenvalue weighted by Gasteiger charge is -2.20. The van der Waals surface area contributed by atoms with Gasteiger partial charge >= 0.3 is 5.97 Å². The molecule has 0 radical (unpaired) electrons. The molecule has 2 atom stereocenters. The van der Waals surface area contributed by atoms with Crippen LogP contribution in [0.5, 0.6) is 0 Å². The second-order valence-electron chi connectivity index (χ2n) is 20.0. The highest BCUT2D eigenvalue weighted by Gasteiger charge is 2.18. The Morgan fingerprint density at radius 3 is 1.09 bits per heavy atom. The molecule has 6 nitrogen and oxygen atoms in total. The average molecular weight is 917 g/mol. The second kappa shape index (κ2) is 54.9. The van der Waals surface area contributed by atoms with Gasteiger partial charge in [0.2, 0.25) is 5.91 Å². The lowest BCUT2D eigenvalue weighted by molar-refractivity contribution is -0.143. The van der Waals surface area contributed by atoms with Gasteiger partial charge in [-0.2, -0.15) is 0 Å². The highest BCUT2D eigenvalue weighted by molar-refractivity contribution is 5.76. The zero-order valence-electron chi connectivity index (χ0n) is 43.7. The van der Waals surface area contributed by atoms with Gasteiger partial charge in [0.1, 0.15) is 0 Å². The van der Waals surface area contributed by atoms with E-state index in [1.165, 1.54) is 218 Å². The summed E-state index contributed by atoms with van der Waals surface area (Å²) in [5.41, 5.74) is 0. The standard InChI is InChI=1S/C59H113NO5/c1-3-5-7-9-11-13-15-17-19-20-21-24-27-31-35-39-43-47-51-57(62)56(55-61)60-58(63)52-48-44-40-36-32-28-25-22-26-30-34-38-42-46-50-54-65-59(64)53-49-45-41-37-33-29-23-18-16-14-12-10-8-6-4-2/h26,30,47,51,56-57,61-62H,3-25,27-29,31-46,48-50,52-55H2,1-2H3,(H,60,63)/b30-26-,51-47+. The fourth-order valence-corrected chi connectivity index (χ4v) is 8.98. The lowest BCUT2D eigenvalue weighted by Crippen LogP contribution is -2.45. The molecule has 0 aliphatic heterocycles. The summed E-state index contributed by atoms with van der Waals surface area (Å²) in [6, 6.07) is -0.639. The summed E-state index contributed by atoms with van der Waals surface area (Å²) in [4.78, 5) is 24.5. The molecule has 0 aromatic rings. The first-order chi connectivity index (χ1) is 32.0. The van der Waals surface area contributed by atoms with Gasteiger partial charge in [0.25, 0.3) is 0 Å². The molecule has 1 amide bonds. The zero-order chi connectivity index (χ0) is 47.2. The van der Waals surface area contributed by atoms with Crippen molar-refractivity contribution in [3.63, 3.8) is 0 Å². The molecule has 0 spiro atoms. The molecule has 2 unspecified atom stereocenters. The van der Waals surface area contributed by atoms with Crippen LogP contribution in [-0.2, 0) is 14.3 Å². The Balaban J connectivity index is 3.49. The molecule has 0 saturated carbocycles. The predicted octanol–water partition coefficient (Wildman–Crippen LogP) is 17.9. The highest BCUT2D eigenvalue weighted by Crippen LogP contribution is 2.17. The van der Waals surface area contributed by atoms with Crippen molar-refractivity contribution in [3.05, 3.63) is 24.3 Å². The van der Waals surface area contributed by atoms with Gasteiger partial charge in [-0.3, -0.25) is 9.59 Å². The lowest BCUT2D eigenvalue weighted by atomic mass is 10.0. The van der Waals surface area contributed by atoms with Crippen LogP contribution in [0.15, 0.2) is 24.3 Å². The van der Waals surface area contributed by atoms with Crippen molar-refractivity contribution in [3.8, 4) is 0 Å². The van der Waals surface area contributed by atoms with Gasteiger partial charge in [-0.1, -0.05) is 269 Å². The molecule has 0 heterocycles. The summed E-state index contributed by atoms with van der Waals surface area (Å²) in [5, 5.41) is 23.1. The Morgan fingerprint density at radius 1 is 0.415 bits per heavy atom. The predicted molar refractivity (Wildman–Crippen MR) is 283 cm³/mol. The first-order valence-corrected chi connectivity index (χ1v) is 29.1. The van der Waals surface area contributed by atoms with Crippen LogP contribution in [0, 0.1) is 0 Å². The SMILES string of the molecule is CCCCCCCCCCCCCCCCCC/C=C/C(O)C(CO)NC(=O)CCCCCCCCC/C=C\CCCCCCOC(=O)CCCCCCCCCCCCCCCCC. The molecule has 6 heteroatoms. The van der Waals surface area contributed by atoms with Crippen molar-refractivity contribution < 1.29 is 24.5 Å². The van der Waals surface area contributed by atoms with Crippen LogP contribution in [0.25, 0.3) is 0 Å². The van der Waals surface area contributed by atoms with Crippen LogP contribution in [0.3, 0.4) is 0 Å². The quantitative estimate of drug-likeness (QED) is 0.0321. The van der Waals surface area contributed by atoms with Gasteiger partial charge in [-0.05, 0) is 57.8 Å². The minimum Gasteiger partial charge on any atom is -0.466 e. The molecule has 0 saturated heterocycles. The van der Waals surface area contributed by atoms with Crippen molar-refractivity contribution in [2.24, 2.45) is 0 Å². The number of aliphatic hydroxyl groups excluding tert-OH is 2. The fraction of sp³-hybridized carbons (Fsp3) is 0.898. The topological polar surface area (TPSA) is 95.9 Å². The number of ether oxygens (including phenoxy) is 1. The summed E-state index contributed by atoms with van der Waals surface area (Å²) in [6.45, 7) is 4.89. The molecular formula is C59H113NO5. The summed E-state index contributed by atoms with van der Waals surface area (Å²) >= 11 is 0. The third-order valence-corrected chi connectivity index (χ3v) is 13.5. The van der Waals surface area contributed by atoms with E-state index in [2.05, 4.69) is 31.3 Å². The van der Waals surface area contributed by atoms with Crippen LogP contribution in [0.2, 0.25) is 0 Å². The number of rotatable bonds is 54. The summed E-state index contributed by atoms with van der Waals surface area (Å²) < 4.78 is 5.47. The average Bonchev–Trinajstić information content (AvgIpc) is 3.31. The Kier molecular flexibility index (Phi) is 53.5. The van der Waals surface area contributed by atoms with Gasteiger partial charge in [0.15, 0.2) is 0 Å². The molecule has 3 N–H and O–H groups in total. The second-order valence-corrected chi connectivity index (χ2v) is 20.0.